The fourth-order valence-corrected chi connectivity index (χ4v) is 2.30. The summed E-state index contributed by atoms with van der Waals surface area (Å²) in [7, 11) is 1.27. The highest BCUT2D eigenvalue weighted by atomic mass is 35.5. The molecule has 1 N–H and O–H groups in total. The van der Waals surface area contributed by atoms with Crippen molar-refractivity contribution in [3.8, 4) is 0 Å². The van der Waals surface area contributed by atoms with E-state index in [0.29, 0.717) is 12.0 Å². The molecule has 120 valence electrons. The van der Waals surface area contributed by atoms with Gasteiger partial charge in [-0.1, -0.05) is 17.7 Å². The highest BCUT2D eigenvalue weighted by Crippen LogP contribution is 2.16. The van der Waals surface area contributed by atoms with Gasteiger partial charge in [-0.25, -0.2) is 9.18 Å². The van der Waals surface area contributed by atoms with Crippen LogP contribution in [0.25, 0.3) is 6.08 Å². The number of nitrogens with one attached hydrogen (secondary N) is 1. The van der Waals surface area contributed by atoms with Gasteiger partial charge in [-0.3, -0.25) is 4.79 Å². The first-order chi connectivity index (χ1) is 10.5. The summed E-state index contributed by atoms with van der Waals surface area (Å²) < 4.78 is 17.7. The number of thioether (sulfide) groups is 1. The first-order valence-corrected chi connectivity index (χ1v) is 8.25. The van der Waals surface area contributed by atoms with Crippen LogP contribution in [0.2, 0.25) is 5.02 Å². The fraction of sp³-hybridized carbons (Fsp3) is 0.333. The van der Waals surface area contributed by atoms with Crippen LogP contribution in [-0.2, 0) is 14.3 Å². The van der Waals surface area contributed by atoms with Crippen LogP contribution >= 0.6 is 23.4 Å². The Kier molecular flexibility index (Phi) is 7.98. The summed E-state index contributed by atoms with van der Waals surface area (Å²) in [6.07, 6.45) is 5.15. The van der Waals surface area contributed by atoms with Crippen LogP contribution < -0.4 is 5.32 Å². The Hall–Kier alpha value is -1.53. The van der Waals surface area contributed by atoms with Crippen molar-refractivity contribution in [3.05, 3.63) is 40.7 Å². The van der Waals surface area contributed by atoms with Gasteiger partial charge in [0, 0.05) is 6.08 Å². The molecule has 0 saturated heterocycles. The fourth-order valence-electron chi connectivity index (χ4n) is 1.63. The van der Waals surface area contributed by atoms with Crippen LogP contribution in [0.5, 0.6) is 0 Å². The molecule has 4 nitrogen and oxygen atoms in total. The van der Waals surface area contributed by atoms with Crippen LogP contribution in [0, 0.1) is 5.82 Å². The van der Waals surface area contributed by atoms with E-state index >= 15 is 0 Å². The second-order valence-corrected chi connectivity index (χ2v) is 5.77. The van der Waals surface area contributed by atoms with E-state index in [1.54, 1.807) is 11.8 Å². The summed E-state index contributed by atoms with van der Waals surface area (Å²) in [6.45, 7) is 0. The third-order valence-corrected chi connectivity index (χ3v) is 3.72. The molecule has 0 radical (unpaired) electrons. The Morgan fingerprint density at radius 3 is 2.82 bits per heavy atom. The molecule has 0 fully saturated rings. The minimum atomic E-state index is -0.689. The summed E-state index contributed by atoms with van der Waals surface area (Å²) in [4.78, 5) is 23.4. The lowest BCUT2D eigenvalue weighted by molar-refractivity contribution is -0.144. The number of esters is 1. The number of hydrogen-bond donors (Lipinski definition) is 1. The maximum absolute atomic E-state index is 13.0. The highest BCUT2D eigenvalue weighted by molar-refractivity contribution is 7.98. The lowest BCUT2D eigenvalue weighted by atomic mass is 10.2. The van der Waals surface area contributed by atoms with E-state index in [0.717, 1.165) is 5.75 Å². The molecule has 0 aromatic heterocycles. The first kappa shape index (κ1) is 18.5. The van der Waals surface area contributed by atoms with E-state index in [2.05, 4.69) is 10.1 Å². The Morgan fingerprint density at radius 2 is 2.23 bits per heavy atom. The number of carbonyl (C=O) groups excluding carboxylic acids is 2. The predicted octanol–water partition coefficient (Wildman–Crippen LogP) is 2.90. The SMILES string of the molecule is COC(=O)[C@@H](CCSC)NC(=O)/C=C/c1ccc(F)c(Cl)c1. The zero-order valence-electron chi connectivity index (χ0n) is 12.3. The van der Waals surface area contributed by atoms with E-state index in [1.165, 1.54) is 37.5 Å². The molecule has 0 unspecified atom stereocenters. The maximum atomic E-state index is 13.0. The molecule has 0 spiro atoms. The van der Waals surface area contributed by atoms with Crippen molar-refractivity contribution in [2.24, 2.45) is 0 Å². The summed E-state index contributed by atoms with van der Waals surface area (Å²) in [6, 6.07) is 3.43. The van der Waals surface area contributed by atoms with Crippen molar-refractivity contribution >= 4 is 41.3 Å². The van der Waals surface area contributed by atoms with Gasteiger partial charge in [0.25, 0.3) is 0 Å². The molecule has 0 aliphatic rings. The van der Waals surface area contributed by atoms with Gasteiger partial charge in [-0.15, -0.1) is 0 Å². The molecule has 1 rings (SSSR count). The molecular weight excluding hydrogens is 329 g/mol. The van der Waals surface area contributed by atoms with E-state index in [9.17, 15) is 14.0 Å². The molecule has 0 aliphatic heterocycles. The Bertz CT molecular complexity index is 566. The van der Waals surface area contributed by atoms with Crippen LogP contribution in [0.1, 0.15) is 12.0 Å². The van der Waals surface area contributed by atoms with Crippen LogP contribution in [0.15, 0.2) is 24.3 Å². The number of ether oxygens (including phenoxy) is 1. The van der Waals surface area contributed by atoms with Crippen molar-refractivity contribution < 1.29 is 18.7 Å². The number of carbonyl (C=O) groups is 2. The number of rotatable bonds is 7. The van der Waals surface area contributed by atoms with E-state index in [4.69, 9.17) is 11.6 Å². The Labute approximate surface area is 138 Å². The van der Waals surface area contributed by atoms with E-state index < -0.39 is 23.7 Å². The standard InChI is InChI=1S/C15H17ClFNO3S/c1-21-15(20)13(7-8-22-2)18-14(19)6-4-10-3-5-12(17)11(16)9-10/h3-6,9,13H,7-8H2,1-2H3,(H,18,19)/b6-4+/t13-/m1/s1. The molecular formula is C15H17ClFNO3S. The smallest absolute Gasteiger partial charge is 0.328 e. The van der Waals surface area contributed by atoms with Gasteiger partial charge in [-0.05, 0) is 42.2 Å². The summed E-state index contributed by atoms with van der Waals surface area (Å²) in [5.74, 6) is -0.721. The normalized spacial score (nSPS) is 12.2. The highest BCUT2D eigenvalue weighted by Gasteiger charge is 2.19. The average molecular weight is 346 g/mol. The minimum absolute atomic E-state index is 0.0185. The zero-order chi connectivity index (χ0) is 16.5. The Morgan fingerprint density at radius 1 is 1.50 bits per heavy atom. The van der Waals surface area contributed by atoms with Crippen molar-refractivity contribution in [1.82, 2.24) is 5.32 Å². The van der Waals surface area contributed by atoms with Crippen LogP contribution in [0.4, 0.5) is 4.39 Å². The number of halogens is 2. The van der Waals surface area contributed by atoms with Gasteiger partial charge in [0.05, 0.1) is 12.1 Å². The van der Waals surface area contributed by atoms with Crippen molar-refractivity contribution in [3.63, 3.8) is 0 Å². The van der Waals surface area contributed by atoms with E-state index in [1.807, 2.05) is 6.26 Å². The maximum Gasteiger partial charge on any atom is 0.328 e. The van der Waals surface area contributed by atoms with Crippen molar-refractivity contribution in [2.45, 2.75) is 12.5 Å². The van der Waals surface area contributed by atoms with Gasteiger partial charge in [-0.2, -0.15) is 11.8 Å². The largest absolute Gasteiger partial charge is 0.467 e. The third kappa shape index (κ3) is 6.07. The summed E-state index contributed by atoms with van der Waals surface area (Å²) >= 11 is 7.23. The monoisotopic (exact) mass is 345 g/mol. The molecule has 7 heteroatoms. The predicted molar refractivity (Wildman–Crippen MR) is 87.4 cm³/mol. The number of methoxy groups -OCH3 is 1. The van der Waals surface area contributed by atoms with Crippen molar-refractivity contribution in [1.29, 1.82) is 0 Å². The molecule has 1 aromatic carbocycles. The van der Waals surface area contributed by atoms with Crippen molar-refractivity contribution in [2.75, 3.05) is 19.1 Å². The topological polar surface area (TPSA) is 55.4 Å². The van der Waals surface area contributed by atoms with Gasteiger partial charge < -0.3 is 10.1 Å². The van der Waals surface area contributed by atoms with E-state index in [-0.39, 0.29) is 5.02 Å². The lowest BCUT2D eigenvalue weighted by Gasteiger charge is -2.14. The summed E-state index contributed by atoms with van der Waals surface area (Å²) in [5, 5.41) is 2.56. The number of amides is 1. The molecule has 0 bridgehead atoms. The quantitative estimate of drug-likeness (QED) is 0.610. The number of benzene rings is 1. The average Bonchev–Trinajstić information content (AvgIpc) is 2.51. The van der Waals surface area contributed by atoms with Gasteiger partial charge >= 0.3 is 5.97 Å². The van der Waals surface area contributed by atoms with Gasteiger partial charge in [0.1, 0.15) is 11.9 Å². The van der Waals surface area contributed by atoms with Gasteiger partial charge in [0.15, 0.2) is 0 Å². The molecule has 0 aliphatic carbocycles. The third-order valence-electron chi connectivity index (χ3n) is 2.78. The first-order valence-electron chi connectivity index (χ1n) is 6.48. The second-order valence-electron chi connectivity index (χ2n) is 4.37. The minimum Gasteiger partial charge on any atom is -0.467 e. The molecule has 0 saturated carbocycles. The zero-order valence-corrected chi connectivity index (χ0v) is 13.8. The molecule has 0 heterocycles. The number of hydrogen-bond acceptors (Lipinski definition) is 4. The second kappa shape index (κ2) is 9.48. The molecule has 1 amide bonds. The molecule has 1 atom stereocenters. The van der Waals surface area contributed by atoms with Gasteiger partial charge in [0.2, 0.25) is 5.91 Å². The molecule has 22 heavy (non-hydrogen) atoms. The van der Waals surface area contributed by atoms with Crippen LogP contribution in [0.3, 0.4) is 0 Å². The Balaban J connectivity index is 2.67. The lowest BCUT2D eigenvalue weighted by Crippen LogP contribution is -2.41. The molecule has 1 aromatic rings. The van der Waals surface area contributed by atoms with Crippen LogP contribution in [-0.4, -0.2) is 37.0 Å². The summed E-state index contributed by atoms with van der Waals surface area (Å²) in [5.41, 5.74) is 0.584.